The average molecular weight is 200 g/mol. The Morgan fingerprint density at radius 1 is 1.54 bits per heavy atom. The molecule has 1 radical (unpaired) electrons. The van der Waals surface area contributed by atoms with E-state index in [-0.39, 0.29) is 5.56 Å². The molecule has 0 bridgehead atoms. The van der Waals surface area contributed by atoms with Gasteiger partial charge in [0.1, 0.15) is 0 Å². The molecule has 0 aromatic heterocycles. The van der Waals surface area contributed by atoms with Gasteiger partial charge in [0.2, 0.25) is 10.0 Å². The third kappa shape index (κ3) is 2.04. The lowest BCUT2D eigenvalue weighted by Crippen LogP contribution is -2.16. The van der Waals surface area contributed by atoms with E-state index in [0.717, 1.165) is 12.1 Å². The van der Waals surface area contributed by atoms with Crippen LogP contribution in [0, 0.1) is 6.07 Å². The smallest absolute Gasteiger partial charge is 0.337 e. The molecule has 69 valence electrons. The molecule has 0 atom stereocenters. The largest absolute Gasteiger partial charge is 0.478 e. The molecule has 0 saturated heterocycles. The number of aromatic carboxylic acids is 1. The van der Waals surface area contributed by atoms with Crippen molar-refractivity contribution in [3.63, 3.8) is 0 Å². The number of carboxylic acids is 1. The molecule has 5 nitrogen and oxygen atoms in total. The Morgan fingerprint density at radius 3 is 2.54 bits per heavy atom. The fourth-order valence-corrected chi connectivity index (χ4v) is 1.52. The molecule has 0 aliphatic rings. The summed E-state index contributed by atoms with van der Waals surface area (Å²) in [6.07, 6.45) is 0. The van der Waals surface area contributed by atoms with E-state index in [9.17, 15) is 13.2 Å². The lowest BCUT2D eigenvalue weighted by molar-refractivity contribution is 0.0692. The lowest BCUT2D eigenvalue weighted by atomic mass is 10.2. The topological polar surface area (TPSA) is 97.5 Å². The van der Waals surface area contributed by atoms with Crippen LogP contribution in [0.2, 0.25) is 0 Å². The summed E-state index contributed by atoms with van der Waals surface area (Å²) in [7, 11) is -3.99. The number of benzene rings is 1. The first-order valence-electron chi connectivity index (χ1n) is 3.19. The maximum atomic E-state index is 10.9. The van der Waals surface area contributed by atoms with Gasteiger partial charge in [0, 0.05) is 0 Å². The van der Waals surface area contributed by atoms with Crippen LogP contribution in [0.25, 0.3) is 0 Å². The lowest BCUT2D eigenvalue weighted by Gasteiger charge is -2.01. The minimum absolute atomic E-state index is 0.346. The summed E-state index contributed by atoms with van der Waals surface area (Å²) in [4.78, 5) is 10.1. The van der Waals surface area contributed by atoms with E-state index < -0.39 is 20.9 Å². The number of hydrogen-bond donors (Lipinski definition) is 2. The number of carboxylic acid groups (broad SMARTS) is 1. The molecule has 0 amide bonds. The standard InChI is InChI=1S/C7H6NO4S/c8-13(11,12)6-4-2-1-3-5(6)7(9)10/h1,3-4H,(H,9,10)(H2,8,11,12). The van der Waals surface area contributed by atoms with Crippen LogP contribution in [-0.4, -0.2) is 19.5 Å². The minimum atomic E-state index is -3.99. The number of sulfonamides is 1. The van der Waals surface area contributed by atoms with E-state index >= 15 is 0 Å². The molecule has 0 fully saturated rings. The Bertz CT molecular complexity index is 438. The van der Waals surface area contributed by atoms with Crippen molar-refractivity contribution in [3.05, 3.63) is 29.8 Å². The highest BCUT2D eigenvalue weighted by atomic mass is 32.2. The van der Waals surface area contributed by atoms with Crippen molar-refractivity contribution in [1.29, 1.82) is 0 Å². The summed E-state index contributed by atoms with van der Waals surface area (Å²) < 4.78 is 21.7. The second-order valence-electron chi connectivity index (χ2n) is 2.27. The van der Waals surface area contributed by atoms with Crippen molar-refractivity contribution in [3.8, 4) is 0 Å². The Labute approximate surface area is 74.9 Å². The van der Waals surface area contributed by atoms with Crippen molar-refractivity contribution >= 4 is 16.0 Å². The Balaban J connectivity index is 3.46. The Kier molecular flexibility index (Phi) is 2.35. The molecule has 0 saturated carbocycles. The number of carbonyl (C=O) groups is 1. The molecule has 0 heterocycles. The Morgan fingerprint density at radius 2 is 2.15 bits per heavy atom. The van der Waals surface area contributed by atoms with Gasteiger partial charge in [-0.1, -0.05) is 6.07 Å². The molecule has 0 aliphatic carbocycles. The molecular formula is C7H6NO4S. The van der Waals surface area contributed by atoms with Crippen molar-refractivity contribution in [1.82, 2.24) is 0 Å². The summed E-state index contributed by atoms with van der Waals surface area (Å²) in [5, 5.41) is 13.4. The number of nitrogens with two attached hydrogens (primary N) is 1. The molecule has 6 heteroatoms. The van der Waals surface area contributed by atoms with E-state index in [1.807, 2.05) is 0 Å². The van der Waals surface area contributed by atoms with Crippen molar-refractivity contribution in [2.24, 2.45) is 5.14 Å². The molecule has 1 aromatic carbocycles. The molecule has 3 N–H and O–H groups in total. The third-order valence-electron chi connectivity index (χ3n) is 1.36. The van der Waals surface area contributed by atoms with Gasteiger partial charge in [-0.05, 0) is 18.2 Å². The zero-order valence-corrected chi connectivity index (χ0v) is 7.21. The van der Waals surface area contributed by atoms with E-state index in [4.69, 9.17) is 10.2 Å². The number of primary sulfonamides is 1. The van der Waals surface area contributed by atoms with E-state index in [0.29, 0.717) is 0 Å². The summed E-state index contributed by atoms with van der Waals surface area (Å²) >= 11 is 0. The van der Waals surface area contributed by atoms with Crippen LogP contribution in [0.5, 0.6) is 0 Å². The SMILES string of the molecule is NS(=O)(=O)c1c[c]ccc1C(=O)O. The molecule has 0 spiro atoms. The third-order valence-corrected chi connectivity index (χ3v) is 2.31. The second kappa shape index (κ2) is 3.15. The van der Waals surface area contributed by atoms with Gasteiger partial charge < -0.3 is 5.11 Å². The molecular weight excluding hydrogens is 194 g/mol. The number of hydrogen-bond acceptors (Lipinski definition) is 3. The van der Waals surface area contributed by atoms with Gasteiger partial charge >= 0.3 is 5.97 Å². The predicted octanol–water partition coefficient (Wildman–Crippen LogP) is -0.168. The average Bonchev–Trinajstić information content (AvgIpc) is 2.03. The normalized spacial score (nSPS) is 11.2. The first kappa shape index (κ1) is 9.69. The minimum Gasteiger partial charge on any atom is -0.478 e. The highest BCUT2D eigenvalue weighted by Crippen LogP contribution is 2.12. The fourth-order valence-electron chi connectivity index (χ4n) is 0.827. The van der Waals surface area contributed by atoms with E-state index in [1.54, 1.807) is 0 Å². The van der Waals surface area contributed by atoms with Gasteiger partial charge in [-0.3, -0.25) is 0 Å². The van der Waals surface area contributed by atoms with Crippen LogP contribution in [0.1, 0.15) is 10.4 Å². The first-order chi connectivity index (χ1) is 5.93. The van der Waals surface area contributed by atoms with Crippen LogP contribution in [0.4, 0.5) is 0 Å². The summed E-state index contributed by atoms with van der Waals surface area (Å²) in [6, 6.07) is 5.90. The maximum Gasteiger partial charge on any atom is 0.337 e. The van der Waals surface area contributed by atoms with Crippen molar-refractivity contribution < 1.29 is 18.3 Å². The van der Waals surface area contributed by atoms with Crippen LogP contribution in [0.15, 0.2) is 23.1 Å². The molecule has 0 unspecified atom stereocenters. The van der Waals surface area contributed by atoms with Gasteiger partial charge in [0.25, 0.3) is 0 Å². The molecule has 1 aromatic rings. The van der Waals surface area contributed by atoms with Gasteiger partial charge in [-0.25, -0.2) is 18.4 Å². The summed E-state index contributed by atoms with van der Waals surface area (Å²) in [5.74, 6) is -1.34. The molecule has 0 aliphatic heterocycles. The van der Waals surface area contributed by atoms with Crippen molar-refractivity contribution in [2.75, 3.05) is 0 Å². The molecule has 1 rings (SSSR count). The van der Waals surface area contributed by atoms with Gasteiger partial charge in [-0.2, -0.15) is 0 Å². The van der Waals surface area contributed by atoms with Crippen LogP contribution in [-0.2, 0) is 10.0 Å². The monoisotopic (exact) mass is 200 g/mol. The zero-order chi connectivity index (χ0) is 10.1. The van der Waals surface area contributed by atoms with Gasteiger partial charge in [-0.15, -0.1) is 0 Å². The molecule has 13 heavy (non-hydrogen) atoms. The predicted molar refractivity (Wildman–Crippen MR) is 43.6 cm³/mol. The van der Waals surface area contributed by atoms with Crippen LogP contribution in [0.3, 0.4) is 0 Å². The van der Waals surface area contributed by atoms with Crippen molar-refractivity contribution in [2.45, 2.75) is 4.90 Å². The zero-order valence-electron chi connectivity index (χ0n) is 6.39. The maximum absolute atomic E-state index is 10.9. The van der Waals surface area contributed by atoms with Crippen LogP contribution >= 0.6 is 0 Å². The van der Waals surface area contributed by atoms with Gasteiger partial charge in [0.05, 0.1) is 10.5 Å². The first-order valence-corrected chi connectivity index (χ1v) is 4.74. The van der Waals surface area contributed by atoms with E-state index in [2.05, 4.69) is 6.07 Å². The summed E-state index contributed by atoms with van der Waals surface area (Å²) in [6.45, 7) is 0. The van der Waals surface area contributed by atoms with E-state index in [1.165, 1.54) is 6.07 Å². The summed E-state index contributed by atoms with van der Waals surface area (Å²) in [5.41, 5.74) is -0.346. The quantitative estimate of drug-likeness (QED) is 0.692. The van der Waals surface area contributed by atoms with Gasteiger partial charge in [0.15, 0.2) is 0 Å². The Hall–Kier alpha value is -1.40. The van der Waals surface area contributed by atoms with Crippen LogP contribution < -0.4 is 5.14 Å². The highest BCUT2D eigenvalue weighted by molar-refractivity contribution is 7.89. The second-order valence-corrected chi connectivity index (χ2v) is 3.80. The fraction of sp³-hybridized carbons (Fsp3) is 0. The highest BCUT2D eigenvalue weighted by Gasteiger charge is 2.17. The number of rotatable bonds is 2.